The molecule has 0 aromatic heterocycles. The maximum atomic E-state index is 10.2. The van der Waals surface area contributed by atoms with Gasteiger partial charge in [0, 0.05) is 30.1 Å². The fraction of sp³-hybridized carbons (Fsp3) is 0.500. The van der Waals surface area contributed by atoms with Gasteiger partial charge in [0.05, 0.1) is 0 Å². The number of anilines is 1. The van der Waals surface area contributed by atoms with E-state index in [0.29, 0.717) is 6.42 Å². The molecule has 0 aliphatic heterocycles. The molecular formula is C12H18N2O2. The molecule has 0 saturated carbocycles. The number of hydrogen-bond donors (Lipinski definition) is 0. The number of nitrogens with zero attached hydrogens (tertiary/aromatic N) is 2. The van der Waals surface area contributed by atoms with Crippen molar-refractivity contribution in [2.75, 3.05) is 24.5 Å². The van der Waals surface area contributed by atoms with E-state index in [1.54, 1.807) is 0 Å². The highest BCUT2D eigenvalue weighted by molar-refractivity contribution is 5.47. The fourth-order valence-electron chi connectivity index (χ4n) is 1.68. The van der Waals surface area contributed by atoms with Crippen molar-refractivity contribution in [3.8, 4) is 0 Å². The van der Waals surface area contributed by atoms with Gasteiger partial charge in [0.15, 0.2) is 0 Å². The largest absolute Gasteiger partial charge is 0.372 e. The smallest absolute Gasteiger partial charge is 0.207 e. The average molecular weight is 222 g/mol. The first kappa shape index (κ1) is 12.5. The van der Waals surface area contributed by atoms with E-state index in [0.717, 1.165) is 18.7 Å². The number of benzene rings is 1. The number of nitro groups is 1. The maximum Gasteiger partial charge on any atom is 0.207 e. The first-order valence-corrected chi connectivity index (χ1v) is 5.63. The Kier molecular flexibility index (Phi) is 4.76. The lowest BCUT2D eigenvalue weighted by Crippen LogP contribution is -2.21. The molecule has 0 fully saturated rings. The molecule has 1 aromatic carbocycles. The van der Waals surface area contributed by atoms with E-state index < -0.39 is 0 Å². The van der Waals surface area contributed by atoms with E-state index in [2.05, 4.69) is 18.7 Å². The van der Waals surface area contributed by atoms with Crippen molar-refractivity contribution in [1.82, 2.24) is 0 Å². The zero-order valence-corrected chi connectivity index (χ0v) is 9.85. The van der Waals surface area contributed by atoms with E-state index in [4.69, 9.17) is 0 Å². The molecule has 0 aliphatic carbocycles. The quantitative estimate of drug-likeness (QED) is 0.548. The first-order valence-electron chi connectivity index (χ1n) is 5.63. The summed E-state index contributed by atoms with van der Waals surface area (Å²) in [6, 6.07) is 8.00. The summed E-state index contributed by atoms with van der Waals surface area (Å²) in [6.45, 7) is 6.19. The SMILES string of the molecule is CCN(CC)c1ccc(CC[N+](=O)[O-])cc1. The summed E-state index contributed by atoms with van der Waals surface area (Å²) in [5.74, 6) is 0. The van der Waals surface area contributed by atoms with Gasteiger partial charge in [-0.1, -0.05) is 12.1 Å². The van der Waals surface area contributed by atoms with Crippen LogP contribution < -0.4 is 4.90 Å². The van der Waals surface area contributed by atoms with Crippen molar-refractivity contribution in [1.29, 1.82) is 0 Å². The van der Waals surface area contributed by atoms with Gasteiger partial charge in [-0.2, -0.15) is 0 Å². The van der Waals surface area contributed by atoms with Crippen LogP contribution in [0.5, 0.6) is 0 Å². The third kappa shape index (κ3) is 3.53. The Morgan fingerprint density at radius 3 is 2.19 bits per heavy atom. The lowest BCUT2D eigenvalue weighted by atomic mass is 10.1. The topological polar surface area (TPSA) is 46.4 Å². The van der Waals surface area contributed by atoms with Crippen LogP contribution in [-0.2, 0) is 6.42 Å². The van der Waals surface area contributed by atoms with Crippen LogP contribution in [-0.4, -0.2) is 24.6 Å². The molecule has 1 rings (SSSR count). The summed E-state index contributed by atoms with van der Waals surface area (Å²) in [7, 11) is 0. The van der Waals surface area contributed by atoms with Crippen LogP contribution in [0, 0.1) is 10.1 Å². The van der Waals surface area contributed by atoms with Gasteiger partial charge in [0.2, 0.25) is 6.54 Å². The summed E-state index contributed by atoms with van der Waals surface area (Å²) in [4.78, 5) is 12.2. The van der Waals surface area contributed by atoms with Gasteiger partial charge in [0.1, 0.15) is 0 Å². The van der Waals surface area contributed by atoms with Crippen LogP contribution in [0.4, 0.5) is 5.69 Å². The monoisotopic (exact) mass is 222 g/mol. The Balaban J connectivity index is 2.63. The van der Waals surface area contributed by atoms with E-state index in [1.165, 1.54) is 5.69 Å². The van der Waals surface area contributed by atoms with E-state index in [-0.39, 0.29) is 11.5 Å². The van der Waals surface area contributed by atoms with Crippen molar-refractivity contribution in [2.24, 2.45) is 0 Å². The molecule has 1 aromatic rings. The molecule has 4 nitrogen and oxygen atoms in total. The standard InChI is InChI=1S/C12H18N2O2/c1-3-13(4-2)12-7-5-11(6-8-12)9-10-14(15)16/h5-8H,3-4,9-10H2,1-2H3. The molecule has 0 radical (unpaired) electrons. The first-order chi connectivity index (χ1) is 7.67. The third-order valence-corrected chi connectivity index (χ3v) is 2.65. The highest BCUT2D eigenvalue weighted by Crippen LogP contribution is 2.15. The second-order valence-electron chi connectivity index (χ2n) is 3.65. The summed E-state index contributed by atoms with van der Waals surface area (Å²) in [6.07, 6.45) is 0.505. The highest BCUT2D eigenvalue weighted by atomic mass is 16.6. The van der Waals surface area contributed by atoms with Crippen LogP contribution in [0.3, 0.4) is 0 Å². The van der Waals surface area contributed by atoms with Gasteiger partial charge in [-0.3, -0.25) is 10.1 Å². The van der Waals surface area contributed by atoms with E-state index in [1.807, 2.05) is 24.3 Å². The normalized spacial score (nSPS) is 10.1. The molecule has 0 amide bonds. The van der Waals surface area contributed by atoms with Crippen molar-refractivity contribution in [3.05, 3.63) is 39.9 Å². The molecule has 0 N–H and O–H groups in total. The molecule has 0 spiro atoms. The van der Waals surface area contributed by atoms with Crippen LogP contribution in [0.15, 0.2) is 24.3 Å². The molecular weight excluding hydrogens is 204 g/mol. The van der Waals surface area contributed by atoms with Crippen molar-refractivity contribution >= 4 is 5.69 Å². The third-order valence-electron chi connectivity index (χ3n) is 2.65. The van der Waals surface area contributed by atoms with E-state index in [9.17, 15) is 10.1 Å². The number of rotatable bonds is 6. The average Bonchev–Trinajstić information content (AvgIpc) is 2.29. The van der Waals surface area contributed by atoms with Gasteiger partial charge in [-0.15, -0.1) is 0 Å². The van der Waals surface area contributed by atoms with Crippen molar-refractivity contribution < 1.29 is 4.92 Å². The maximum absolute atomic E-state index is 10.2. The van der Waals surface area contributed by atoms with Crippen LogP contribution >= 0.6 is 0 Å². The Bertz CT molecular complexity index is 331. The highest BCUT2D eigenvalue weighted by Gasteiger charge is 2.03. The summed E-state index contributed by atoms with van der Waals surface area (Å²) in [5, 5.41) is 10.2. The van der Waals surface area contributed by atoms with Crippen molar-refractivity contribution in [2.45, 2.75) is 20.3 Å². The van der Waals surface area contributed by atoms with Crippen LogP contribution in [0.1, 0.15) is 19.4 Å². The molecule has 0 heterocycles. The number of hydrogen-bond acceptors (Lipinski definition) is 3. The minimum absolute atomic E-state index is 0.00458. The minimum atomic E-state index is -0.279. The molecule has 0 aliphatic rings. The van der Waals surface area contributed by atoms with Gasteiger partial charge < -0.3 is 4.90 Å². The van der Waals surface area contributed by atoms with Gasteiger partial charge in [-0.25, -0.2) is 0 Å². The second kappa shape index (κ2) is 6.10. The predicted molar refractivity (Wildman–Crippen MR) is 65.6 cm³/mol. The summed E-state index contributed by atoms with van der Waals surface area (Å²) in [5.41, 5.74) is 2.20. The molecule has 0 saturated heterocycles. The summed E-state index contributed by atoms with van der Waals surface area (Å²) >= 11 is 0. The van der Waals surface area contributed by atoms with Gasteiger partial charge >= 0.3 is 0 Å². The zero-order chi connectivity index (χ0) is 12.0. The molecule has 0 unspecified atom stereocenters. The van der Waals surface area contributed by atoms with E-state index >= 15 is 0 Å². The second-order valence-corrected chi connectivity index (χ2v) is 3.65. The van der Waals surface area contributed by atoms with Crippen LogP contribution in [0.25, 0.3) is 0 Å². The lowest BCUT2D eigenvalue weighted by Gasteiger charge is -2.20. The Hall–Kier alpha value is -1.58. The van der Waals surface area contributed by atoms with Gasteiger partial charge in [-0.05, 0) is 31.5 Å². The summed E-state index contributed by atoms with van der Waals surface area (Å²) < 4.78 is 0. The zero-order valence-electron chi connectivity index (χ0n) is 9.85. The fourth-order valence-corrected chi connectivity index (χ4v) is 1.68. The Labute approximate surface area is 96.0 Å². The van der Waals surface area contributed by atoms with Crippen LogP contribution in [0.2, 0.25) is 0 Å². The Morgan fingerprint density at radius 1 is 1.19 bits per heavy atom. The molecule has 0 bridgehead atoms. The molecule has 88 valence electrons. The van der Waals surface area contributed by atoms with Gasteiger partial charge in [0.25, 0.3) is 0 Å². The minimum Gasteiger partial charge on any atom is -0.372 e. The Morgan fingerprint density at radius 2 is 1.75 bits per heavy atom. The molecule has 16 heavy (non-hydrogen) atoms. The van der Waals surface area contributed by atoms with Crippen molar-refractivity contribution in [3.63, 3.8) is 0 Å². The molecule has 4 heteroatoms. The molecule has 0 atom stereocenters. The lowest BCUT2D eigenvalue weighted by molar-refractivity contribution is -0.479. The predicted octanol–water partition coefficient (Wildman–Crippen LogP) is 2.35.